The Bertz CT molecular complexity index is 1400. The summed E-state index contributed by atoms with van der Waals surface area (Å²) in [5.41, 5.74) is 3.99. The van der Waals surface area contributed by atoms with Crippen LogP contribution in [0.2, 0.25) is 0 Å². The van der Waals surface area contributed by atoms with E-state index in [1.165, 1.54) is 19.3 Å². The molecule has 6 heteroatoms. The Balaban J connectivity index is 1.58. The first-order valence-corrected chi connectivity index (χ1v) is 16.1. The first-order chi connectivity index (χ1) is 19.6. The molecule has 0 spiro atoms. The van der Waals surface area contributed by atoms with Crippen LogP contribution in [-0.2, 0) is 5.41 Å². The molecule has 0 aliphatic rings. The van der Waals surface area contributed by atoms with E-state index < -0.39 is 0 Å². The van der Waals surface area contributed by atoms with E-state index in [1.54, 1.807) is 7.11 Å². The summed E-state index contributed by atoms with van der Waals surface area (Å²) >= 11 is 2.06. The molecule has 0 saturated carbocycles. The number of H-pyrrole nitrogens is 1. The summed E-state index contributed by atoms with van der Waals surface area (Å²) in [5, 5.41) is 6.12. The van der Waals surface area contributed by atoms with E-state index >= 15 is 0 Å². The zero-order valence-electron chi connectivity index (χ0n) is 26.2. The van der Waals surface area contributed by atoms with Crippen LogP contribution in [0.25, 0.3) is 33.3 Å². The van der Waals surface area contributed by atoms with Gasteiger partial charge in [-0.2, -0.15) is 11.8 Å². The van der Waals surface area contributed by atoms with Crippen molar-refractivity contribution in [3.8, 4) is 28.3 Å². The van der Waals surface area contributed by atoms with Crippen molar-refractivity contribution in [2.45, 2.75) is 71.0 Å². The zero-order chi connectivity index (χ0) is 29.6. The second kappa shape index (κ2) is 13.4. The smallest absolute Gasteiger partial charge is 0.119 e. The van der Waals surface area contributed by atoms with E-state index in [0.717, 1.165) is 58.0 Å². The van der Waals surface area contributed by atoms with Gasteiger partial charge in [0, 0.05) is 40.2 Å². The molecule has 0 unspecified atom stereocenters. The van der Waals surface area contributed by atoms with Gasteiger partial charge >= 0.3 is 0 Å². The molecule has 5 nitrogen and oxygen atoms in total. The maximum Gasteiger partial charge on any atom is 0.119 e. The maximum atomic E-state index is 5.42. The van der Waals surface area contributed by atoms with Crippen molar-refractivity contribution in [1.82, 2.24) is 20.3 Å². The minimum absolute atomic E-state index is 0.178. The number of ether oxygens (including phenoxy) is 1. The van der Waals surface area contributed by atoms with Crippen molar-refractivity contribution < 1.29 is 4.74 Å². The Kier molecular flexibility index (Phi) is 10.2. The van der Waals surface area contributed by atoms with Gasteiger partial charge in [-0.1, -0.05) is 59.7 Å². The molecular weight excluding hydrogens is 524 g/mol. The van der Waals surface area contributed by atoms with Crippen molar-refractivity contribution in [2.75, 3.05) is 26.5 Å². The molecule has 0 amide bonds. The lowest BCUT2D eigenvalue weighted by Gasteiger charge is -2.36. The number of nitrogens with one attached hydrogen (secondary N) is 2. The first-order valence-electron chi connectivity index (χ1n) is 14.9. The number of imidazole rings is 1. The number of methoxy groups -OCH3 is 1. The molecule has 0 fully saturated rings. The molecule has 2 aromatic carbocycles. The van der Waals surface area contributed by atoms with E-state index in [0.29, 0.717) is 16.6 Å². The summed E-state index contributed by atoms with van der Waals surface area (Å²) in [6.45, 7) is 15.8. The fourth-order valence-corrected chi connectivity index (χ4v) is 7.28. The van der Waals surface area contributed by atoms with Gasteiger partial charge < -0.3 is 15.0 Å². The Morgan fingerprint density at radius 2 is 1.56 bits per heavy atom. The molecule has 0 atom stereocenters. The number of nitrogens with zero attached hydrogens (tertiary/aromatic N) is 2. The van der Waals surface area contributed by atoms with Crippen LogP contribution in [0.15, 0.2) is 60.9 Å². The second-order valence-corrected chi connectivity index (χ2v) is 14.1. The molecule has 0 aliphatic carbocycles. The molecule has 220 valence electrons. The zero-order valence-corrected chi connectivity index (χ0v) is 27.0. The summed E-state index contributed by atoms with van der Waals surface area (Å²) in [6, 6.07) is 16.8. The van der Waals surface area contributed by atoms with Crippen LogP contribution in [-0.4, -0.2) is 46.2 Å². The van der Waals surface area contributed by atoms with E-state index in [9.17, 15) is 0 Å². The summed E-state index contributed by atoms with van der Waals surface area (Å²) in [4.78, 5) is 13.2. The molecule has 41 heavy (non-hydrogen) atoms. The van der Waals surface area contributed by atoms with Crippen LogP contribution >= 0.6 is 11.8 Å². The summed E-state index contributed by atoms with van der Waals surface area (Å²) < 4.78 is 5.75. The molecule has 2 N–H and O–H groups in total. The number of fused-ring (bicyclic) bond motifs is 1. The van der Waals surface area contributed by atoms with Gasteiger partial charge in [-0.3, -0.25) is 4.98 Å². The van der Waals surface area contributed by atoms with Crippen molar-refractivity contribution in [1.29, 1.82) is 0 Å². The normalized spacial score (nSPS) is 12.5. The average Bonchev–Trinajstić information content (AvgIpc) is 3.41. The van der Waals surface area contributed by atoms with Crippen LogP contribution in [0.5, 0.6) is 5.75 Å². The number of thioether (sulfide) groups is 1. The summed E-state index contributed by atoms with van der Waals surface area (Å²) in [6.07, 6.45) is 9.66. The number of hydrogen-bond acceptors (Lipinski definition) is 5. The molecule has 0 aliphatic heterocycles. The number of aromatic amines is 1. The van der Waals surface area contributed by atoms with Gasteiger partial charge in [0.2, 0.25) is 0 Å². The molecule has 2 aromatic heterocycles. The Morgan fingerprint density at radius 1 is 0.902 bits per heavy atom. The quantitative estimate of drug-likeness (QED) is 0.148. The van der Waals surface area contributed by atoms with E-state index in [2.05, 4.69) is 105 Å². The van der Waals surface area contributed by atoms with Crippen molar-refractivity contribution >= 4 is 22.5 Å². The number of pyridine rings is 1. The third kappa shape index (κ3) is 7.72. The molecule has 4 aromatic rings. The number of benzene rings is 2. The predicted molar refractivity (Wildman–Crippen MR) is 177 cm³/mol. The van der Waals surface area contributed by atoms with Gasteiger partial charge in [0.1, 0.15) is 11.6 Å². The van der Waals surface area contributed by atoms with Crippen LogP contribution in [0.1, 0.15) is 66.6 Å². The summed E-state index contributed by atoms with van der Waals surface area (Å²) in [5.74, 6) is 3.25. The van der Waals surface area contributed by atoms with Gasteiger partial charge in [0.05, 0.1) is 18.5 Å². The molecule has 4 rings (SSSR count). The standard InChI is InChI=1S/C35H48N4OS/c1-24(2)21-35(41-8,22-25(3)4)15-18-37-23-34(5,6)33-38-31(26-13-16-36-17-14-26)32(39-33)29-10-9-28-20-30(40-7)12-11-27(28)19-29/h9-14,16-17,19-20,24-25,37H,15,18,21-23H2,1-8H3,(H,38,39). The molecule has 0 saturated heterocycles. The largest absolute Gasteiger partial charge is 0.497 e. The van der Waals surface area contributed by atoms with Gasteiger partial charge in [0.15, 0.2) is 0 Å². The van der Waals surface area contributed by atoms with Crippen LogP contribution in [0.4, 0.5) is 0 Å². The van der Waals surface area contributed by atoms with Gasteiger partial charge in [-0.15, -0.1) is 0 Å². The fourth-order valence-electron chi connectivity index (χ4n) is 5.97. The van der Waals surface area contributed by atoms with E-state index in [4.69, 9.17) is 9.72 Å². The number of rotatable bonds is 14. The minimum Gasteiger partial charge on any atom is -0.497 e. The van der Waals surface area contributed by atoms with Crippen LogP contribution < -0.4 is 10.1 Å². The molecule has 2 heterocycles. The van der Waals surface area contributed by atoms with Crippen LogP contribution in [0, 0.1) is 11.8 Å². The van der Waals surface area contributed by atoms with Gasteiger partial charge in [-0.05, 0) is 85.0 Å². The number of aromatic nitrogens is 3. The lowest BCUT2D eigenvalue weighted by atomic mass is 9.85. The van der Waals surface area contributed by atoms with Crippen LogP contribution in [0.3, 0.4) is 0 Å². The second-order valence-electron chi connectivity index (χ2n) is 12.9. The SMILES string of the molecule is COc1ccc2cc(-c3nc(C(C)(C)CNCCC(CC(C)C)(CC(C)C)SC)[nH]c3-c3ccncc3)ccc2c1. The predicted octanol–water partition coefficient (Wildman–Crippen LogP) is 8.75. The molecule has 0 bridgehead atoms. The first kappa shape index (κ1) is 31.1. The highest BCUT2D eigenvalue weighted by atomic mass is 32.2. The Labute approximate surface area is 251 Å². The Hall–Kier alpha value is -2.83. The average molecular weight is 573 g/mol. The van der Waals surface area contributed by atoms with Crippen molar-refractivity contribution in [3.63, 3.8) is 0 Å². The van der Waals surface area contributed by atoms with Gasteiger partial charge in [0.25, 0.3) is 0 Å². The maximum absolute atomic E-state index is 5.42. The van der Waals surface area contributed by atoms with Crippen molar-refractivity contribution in [3.05, 3.63) is 66.7 Å². The highest BCUT2D eigenvalue weighted by Crippen LogP contribution is 2.40. The van der Waals surface area contributed by atoms with Crippen molar-refractivity contribution in [2.24, 2.45) is 11.8 Å². The lowest BCUT2D eigenvalue weighted by molar-refractivity contribution is 0.350. The van der Waals surface area contributed by atoms with E-state index in [-0.39, 0.29) is 5.41 Å². The molecule has 0 radical (unpaired) electrons. The minimum atomic E-state index is -0.178. The summed E-state index contributed by atoms with van der Waals surface area (Å²) in [7, 11) is 1.70. The highest BCUT2D eigenvalue weighted by Gasteiger charge is 2.32. The number of hydrogen-bond donors (Lipinski definition) is 2. The third-order valence-electron chi connectivity index (χ3n) is 7.95. The Morgan fingerprint density at radius 3 is 2.20 bits per heavy atom. The van der Waals surface area contributed by atoms with E-state index in [1.807, 2.05) is 30.6 Å². The fraction of sp³-hybridized carbons (Fsp3) is 0.486. The van der Waals surface area contributed by atoms with Gasteiger partial charge in [-0.25, -0.2) is 4.98 Å². The topological polar surface area (TPSA) is 62.8 Å². The lowest BCUT2D eigenvalue weighted by Crippen LogP contribution is -2.38. The highest BCUT2D eigenvalue weighted by molar-refractivity contribution is 8.00. The molecular formula is C35H48N4OS. The monoisotopic (exact) mass is 572 g/mol. The third-order valence-corrected chi connectivity index (χ3v) is 9.36.